The number of nitrogens with one attached hydrogen (secondary N) is 1. The first-order valence-electron chi connectivity index (χ1n) is 8.34. The number of likely N-dealkylation sites (tertiary alicyclic amines) is 1. The monoisotopic (exact) mass is 372 g/mol. The first-order chi connectivity index (χ1) is 12.6. The van der Waals surface area contributed by atoms with Crippen molar-refractivity contribution in [3.05, 3.63) is 59.1 Å². The van der Waals surface area contributed by atoms with Gasteiger partial charge in [0.1, 0.15) is 11.5 Å². The van der Waals surface area contributed by atoms with Crippen molar-refractivity contribution in [2.24, 2.45) is 0 Å². The molecule has 3 heterocycles. The van der Waals surface area contributed by atoms with Crippen LogP contribution in [0.15, 0.2) is 42.0 Å². The van der Waals surface area contributed by atoms with Gasteiger partial charge in [0.15, 0.2) is 4.96 Å². The number of imidazole rings is 1. The van der Waals surface area contributed by atoms with Gasteiger partial charge < -0.3 is 10.2 Å². The molecule has 2 aromatic heterocycles. The lowest BCUT2D eigenvalue weighted by Gasteiger charge is -2.17. The van der Waals surface area contributed by atoms with E-state index in [4.69, 9.17) is 0 Å². The summed E-state index contributed by atoms with van der Waals surface area (Å²) in [5.41, 5.74) is 1.33. The Morgan fingerprint density at radius 1 is 1.35 bits per heavy atom. The Morgan fingerprint density at radius 3 is 2.92 bits per heavy atom. The number of rotatable bonds is 5. The van der Waals surface area contributed by atoms with Gasteiger partial charge in [-0.25, -0.2) is 9.37 Å². The van der Waals surface area contributed by atoms with Crippen LogP contribution in [0.2, 0.25) is 0 Å². The molecule has 1 saturated heterocycles. The fourth-order valence-corrected chi connectivity index (χ4v) is 3.80. The summed E-state index contributed by atoms with van der Waals surface area (Å²) in [5.74, 6) is -0.518. The Kier molecular flexibility index (Phi) is 4.42. The first-order valence-corrected chi connectivity index (χ1v) is 9.22. The summed E-state index contributed by atoms with van der Waals surface area (Å²) in [6, 6.07) is 6.06. The number of amides is 2. The molecule has 1 aliphatic rings. The van der Waals surface area contributed by atoms with Gasteiger partial charge in [0.25, 0.3) is 5.91 Å². The van der Waals surface area contributed by atoms with Gasteiger partial charge in [-0.05, 0) is 24.1 Å². The van der Waals surface area contributed by atoms with Crippen LogP contribution in [0.25, 0.3) is 4.96 Å². The van der Waals surface area contributed by atoms with Crippen LogP contribution in [0, 0.1) is 5.82 Å². The maximum Gasteiger partial charge on any atom is 0.271 e. The van der Waals surface area contributed by atoms with Crippen molar-refractivity contribution in [2.45, 2.75) is 18.9 Å². The lowest BCUT2D eigenvalue weighted by molar-refractivity contribution is -0.127. The number of aromatic nitrogens is 2. The number of carbonyl (C=O) groups is 2. The van der Waals surface area contributed by atoms with Gasteiger partial charge in [-0.2, -0.15) is 0 Å². The standard InChI is InChI=1S/C18H17FN4O2S/c19-13-3-1-12(2-4-13)5-6-22-10-14(9-16(22)24)20-17(25)15-11-23-7-8-26-18(23)21-15/h1-4,7-8,11,14H,5-6,9-10H2,(H,20,25)/t14-/m1/s1. The minimum absolute atomic E-state index is 0.0169. The summed E-state index contributed by atoms with van der Waals surface area (Å²) in [6.07, 6.45) is 4.48. The molecule has 134 valence electrons. The van der Waals surface area contributed by atoms with Gasteiger partial charge in [-0.1, -0.05) is 12.1 Å². The average Bonchev–Trinajstić information content (AvgIpc) is 3.29. The molecule has 4 rings (SSSR count). The molecule has 8 heteroatoms. The summed E-state index contributed by atoms with van der Waals surface area (Å²) in [6.45, 7) is 1.03. The maximum atomic E-state index is 12.9. The lowest BCUT2D eigenvalue weighted by Crippen LogP contribution is -2.37. The smallest absolute Gasteiger partial charge is 0.271 e. The molecule has 0 saturated carbocycles. The van der Waals surface area contributed by atoms with Crippen LogP contribution in [0.5, 0.6) is 0 Å². The Morgan fingerprint density at radius 2 is 2.15 bits per heavy atom. The second-order valence-electron chi connectivity index (χ2n) is 6.31. The third kappa shape index (κ3) is 3.45. The van der Waals surface area contributed by atoms with Crippen molar-refractivity contribution in [1.82, 2.24) is 19.6 Å². The number of thiazole rings is 1. The van der Waals surface area contributed by atoms with Gasteiger partial charge in [-0.15, -0.1) is 11.3 Å². The summed E-state index contributed by atoms with van der Waals surface area (Å²) >= 11 is 1.46. The minimum atomic E-state index is -0.270. The van der Waals surface area contributed by atoms with E-state index in [1.54, 1.807) is 27.6 Å². The predicted molar refractivity (Wildman–Crippen MR) is 95.6 cm³/mol. The molecule has 0 radical (unpaired) electrons. The largest absolute Gasteiger partial charge is 0.346 e. The Balaban J connectivity index is 1.32. The Labute approximate surface area is 153 Å². The first kappa shape index (κ1) is 16.7. The van der Waals surface area contributed by atoms with Crippen LogP contribution in [0.3, 0.4) is 0 Å². The molecule has 0 unspecified atom stereocenters. The molecule has 0 aliphatic carbocycles. The molecule has 1 fully saturated rings. The van der Waals surface area contributed by atoms with Gasteiger partial charge in [0.2, 0.25) is 5.91 Å². The van der Waals surface area contributed by atoms with Crippen LogP contribution in [0.1, 0.15) is 22.5 Å². The average molecular weight is 372 g/mol. The van der Waals surface area contributed by atoms with Gasteiger partial charge in [0.05, 0.1) is 6.04 Å². The predicted octanol–water partition coefficient (Wildman–Crippen LogP) is 2.11. The summed E-state index contributed by atoms with van der Waals surface area (Å²) < 4.78 is 14.7. The number of nitrogens with zero attached hydrogens (tertiary/aromatic N) is 3. The molecular weight excluding hydrogens is 355 g/mol. The zero-order valence-electron chi connectivity index (χ0n) is 13.9. The minimum Gasteiger partial charge on any atom is -0.346 e. The molecule has 2 amide bonds. The number of halogens is 1. The Bertz CT molecular complexity index is 921. The molecule has 1 aliphatic heterocycles. The van der Waals surface area contributed by atoms with Crippen molar-refractivity contribution in [2.75, 3.05) is 13.1 Å². The van der Waals surface area contributed by atoms with Crippen LogP contribution in [-0.2, 0) is 11.2 Å². The van der Waals surface area contributed by atoms with Crippen molar-refractivity contribution in [1.29, 1.82) is 0 Å². The number of hydrogen-bond acceptors (Lipinski definition) is 4. The number of fused-ring (bicyclic) bond motifs is 1. The van der Waals surface area contributed by atoms with Gasteiger partial charge >= 0.3 is 0 Å². The highest BCUT2D eigenvalue weighted by atomic mass is 32.1. The van der Waals surface area contributed by atoms with E-state index in [1.807, 2.05) is 11.6 Å². The zero-order valence-corrected chi connectivity index (χ0v) is 14.7. The SMILES string of the molecule is O=C(N[C@@H]1CC(=O)N(CCc2ccc(F)cc2)C1)c1cn2ccsc2n1. The van der Waals surface area contributed by atoms with Crippen LogP contribution in [0.4, 0.5) is 4.39 Å². The fraction of sp³-hybridized carbons (Fsp3) is 0.278. The highest BCUT2D eigenvalue weighted by Gasteiger charge is 2.30. The number of benzene rings is 1. The van der Waals surface area contributed by atoms with Gasteiger partial charge in [-0.3, -0.25) is 14.0 Å². The Hall–Kier alpha value is -2.74. The van der Waals surface area contributed by atoms with E-state index >= 15 is 0 Å². The van der Waals surface area contributed by atoms with E-state index in [2.05, 4.69) is 10.3 Å². The third-order valence-electron chi connectivity index (χ3n) is 4.46. The van der Waals surface area contributed by atoms with Crippen molar-refractivity contribution in [3.63, 3.8) is 0 Å². The van der Waals surface area contributed by atoms with Crippen molar-refractivity contribution < 1.29 is 14.0 Å². The van der Waals surface area contributed by atoms with Gasteiger partial charge in [0, 0.05) is 37.3 Å². The van der Waals surface area contributed by atoms with E-state index in [0.717, 1.165) is 10.5 Å². The molecule has 1 N–H and O–H groups in total. The number of hydrogen-bond donors (Lipinski definition) is 1. The van der Waals surface area contributed by atoms with Crippen molar-refractivity contribution in [3.8, 4) is 0 Å². The van der Waals surface area contributed by atoms with Crippen LogP contribution >= 0.6 is 11.3 Å². The van der Waals surface area contributed by atoms with E-state index < -0.39 is 0 Å². The molecule has 6 nitrogen and oxygen atoms in total. The van der Waals surface area contributed by atoms with E-state index in [1.165, 1.54) is 23.5 Å². The lowest BCUT2D eigenvalue weighted by atomic mass is 10.1. The van der Waals surface area contributed by atoms with E-state index in [9.17, 15) is 14.0 Å². The second kappa shape index (κ2) is 6.87. The topological polar surface area (TPSA) is 66.7 Å². The summed E-state index contributed by atoms with van der Waals surface area (Å²) in [4.78, 5) is 31.3. The van der Waals surface area contributed by atoms with Crippen LogP contribution < -0.4 is 5.32 Å². The molecule has 26 heavy (non-hydrogen) atoms. The fourth-order valence-electron chi connectivity index (χ4n) is 3.10. The summed E-state index contributed by atoms with van der Waals surface area (Å²) in [5, 5.41) is 4.79. The molecule has 0 spiro atoms. The van der Waals surface area contributed by atoms with E-state index in [-0.39, 0.29) is 30.1 Å². The molecule has 3 aromatic rings. The molecular formula is C18H17FN4O2S. The normalized spacial score (nSPS) is 17.2. The van der Waals surface area contributed by atoms with E-state index in [0.29, 0.717) is 25.2 Å². The molecule has 0 bridgehead atoms. The third-order valence-corrected chi connectivity index (χ3v) is 5.23. The van der Waals surface area contributed by atoms with Crippen molar-refractivity contribution >= 4 is 28.1 Å². The quantitative estimate of drug-likeness (QED) is 0.746. The second-order valence-corrected chi connectivity index (χ2v) is 7.18. The summed E-state index contributed by atoms with van der Waals surface area (Å²) in [7, 11) is 0. The highest BCUT2D eigenvalue weighted by molar-refractivity contribution is 7.15. The highest BCUT2D eigenvalue weighted by Crippen LogP contribution is 2.15. The number of carbonyl (C=O) groups excluding carboxylic acids is 2. The van der Waals surface area contributed by atoms with Crippen LogP contribution in [-0.4, -0.2) is 45.2 Å². The maximum absolute atomic E-state index is 12.9. The molecule has 1 aromatic carbocycles. The molecule has 1 atom stereocenters. The zero-order chi connectivity index (χ0) is 18.1.